The Kier molecular flexibility index (Phi) is 8.37. The van der Waals surface area contributed by atoms with Crippen molar-refractivity contribution in [2.75, 3.05) is 40.5 Å². The van der Waals surface area contributed by atoms with Gasteiger partial charge in [-0.3, -0.25) is 0 Å². The fourth-order valence-electron chi connectivity index (χ4n) is 4.49. The summed E-state index contributed by atoms with van der Waals surface area (Å²) in [5.41, 5.74) is 4.33. The highest BCUT2D eigenvalue weighted by atomic mass is 19.1. The molecule has 4 rings (SSSR count). The van der Waals surface area contributed by atoms with Crippen LogP contribution >= 0.6 is 0 Å². The van der Waals surface area contributed by atoms with E-state index in [0.717, 1.165) is 61.3 Å². The van der Waals surface area contributed by atoms with Gasteiger partial charge in [-0.25, -0.2) is 8.78 Å². The largest absolute Gasteiger partial charge is 0.493 e. The Morgan fingerprint density at radius 1 is 0.771 bits per heavy atom. The molecule has 4 nitrogen and oxygen atoms in total. The summed E-state index contributed by atoms with van der Waals surface area (Å²) in [4.78, 5) is 2.44. The Hall–Kier alpha value is -3.38. The second kappa shape index (κ2) is 11.8. The van der Waals surface area contributed by atoms with Crippen LogP contribution in [0.15, 0.2) is 72.3 Å². The summed E-state index contributed by atoms with van der Waals surface area (Å²) in [5.74, 6) is 1.57. The van der Waals surface area contributed by atoms with Crippen molar-refractivity contribution in [2.24, 2.45) is 0 Å². The molecular formula is C29H31F2NO3. The van der Waals surface area contributed by atoms with E-state index < -0.39 is 0 Å². The van der Waals surface area contributed by atoms with Crippen LogP contribution in [0.3, 0.4) is 0 Å². The molecule has 35 heavy (non-hydrogen) atoms. The second-order valence-corrected chi connectivity index (χ2v) is 8.55. The van der Waals surface area contributed by atoms with Crippen LogP contribution in [-0.2, 0) is 0 Å². The minimum Gasteiger partial charge on any atom is -0.493 e. The maximum Gasteiger partial charge on any atom is 0.164 e. The fraction of sp³-hybridized carbons (Fsp3) is 0.310. The topological polar surface area (TPSA) is 30.9 Å². The molecule has 0 bridgehead atoms. The number of likely N-dealkylation sites (tertiary alicyclic amines) is 1. The lowest BCUT2D eigenvalue weighted by Gasteiger charge is -2.30. The molecule has 1 aliphatic rings. The zero-order chi connectivity index (χ0) is 24.6. The zero-order valence-corrected chi connectivity index (χ0v) is 20.2. The van der Waals surface area contributed by atoms with Gasteiger partial charge in [-0.2, -0.15) is 0 Å². The molecule has 0 saturated carbocycles. The SMILES string of the molecule is COc1ccc(OCCCN2CCC(=C(c3ccc(F)cc3)c3ccc(F)cc3)CC2)cc1OC. The number of benzene rings is 3. The number of ether oxygens (including phenoxy) is 3. The van der Waals surface area contributed by atoms with Gasteiger partial charge in [0.25, 0.3) is 0 Å². The monoisotopic (exact) mass is 479 g/mol. The molecule has 0 unspecified atom stereocenters. The molecule has 3 aromatic carbocycles. The Morgan fingerprint density at radius 3 is 1.89 bits per heavy atom. The standard InChI is InChI=1S/C29H31F2NO3/c1-33-27-13-12-26(20-28(27)34-2)35-19-3-16-32-17-14-23(15-18-32)29(21-4-8-24(30)9-5-21)22-6-10-25(31)11-7-22/h4-13,20H,3,14-19H2,1-2H3. The zero-order valence-electron chi connectivity index (χ0n) is 20.2. The predicted octanol–water partition coefficient (Wildman–Crippen LogP) is 6.35. The van der Waals surface area contributed by atoms with E-state index in [1.807, 2.05) is 18.2 Å². The molecule has 1 saturated heterocycles. The van der Waals surface area contributed by atoms with E-state index in [0.29, 0.717) is 18.1 Å². The third-order valence-corrected chi connectivity index (χ3v) is 6.32. The van der Waals surface area contributed by atoms with E-state index in [2.05, 4.69) is 4.90 Å². The van der Waals surface area contributed by atoms with Crippen LogP contribution in [-0.4, -0.2) is 45.4 Å². The van der Waals surface area contributed by atoms with E-state index in [4.69, 9.17) is 14.2 Å². The Morgan fingerprint density at radius 2 is 1.34 bits per heavy atom. The van der Waals surface area contributed by atoms with E-state index in [1.54, 1.807) is 38.5 Å². The summed E-state index contributed by atoms with van der Waals surface area (Å²) >= 11 is 0. The Balaban J connectivity index is 1.35. The molecule has 1 heterocycles. The van der Waals surface area contributed by atoms with Gasteiger partial charge in [0.2, 0.25) is 0 Å². The first kappa shape index (κ1) is 24.7. The molecule has 0 aliphatic carbocycles. The third-order valence-electron chi connectivity index (χ3n) is 6.32. The molecule has 3 aromatic rings. The van der Waals surface area contributed by atoms with Crippen LogP contribution in [0.5, 0.6) is 17.2 Å². The lowest BCUT2D eigenvalue weighted by Crippen LogP contribution is -2.32. The van der Waals surface area contributed by atoms with Gasteiger partial charge in [-0.1, -0.05) is 29.8 Å². The second-order valence-electron chi connectivity index (χ2n) is 8.55. The first-order valence-electron chi connectivity index (χ1n) is 11.9. The van der Waals surface area contributed by atoms with Crippen molar-refractivity contribution >= 4 is 5.57 Å². The van der Waals surface area contributed by atoms with Gasteiger partial charge in [-0.05, 0) is 72.4 Å². The van der Waals surface area contributed by atoms with Crippen molar-refractivity contribution in [1.82, 2.24) is 4.90 Å². The van der Waals surface area contributed by atoms with Crippen molar-refractivity contribution < 1.29 is 23.0 Å². The highest BCUT2D eigenvalue weighted by molar-refractivity contribution is 5.82. The van der Waals surface area contributed by atoms with E-state index >= 15 is 0 Å². The third kappa shape index (κ3) is 6.40. The normalized spacial score (nSPS) is 14.0. The average molecular weight is 480 g/mol. The Bertz CT molecular complexity index is 1090. The molecule has 6 heteroatoms. The molecule has 0 atom stereocenters. The summed E-state index contributed by atoms with van der Waals surface area (Å²) in [6, 6.07) is 18.7. The van der Waals surface area contributed by atoms with Crippen molar-refractivity contribution in [1.29, 1.82) is 0 Å². The number of halogens is 2. The van der Waals surface area contributed by atoms with Gasteiger partial charge in [0.05, 0.1) is 20.8 Å². The first-order chi connectivity index (χ1) is 17.1. The summed E-state index contributed by atoms with van der Waals surface area (Å²) in [6.45, 7) is 3.45. The molecule has 0 radical (unpaired) electrons. The summed E-state index contributed by atoms with van der Waals surface area (Å²) in [6.07, 6.45) is 2.75. The number of methoxy groups -OCH3 is 2. The molecule has 1 fully saturated rings. The van der Waals surface area contributed by atoms with Crippen molar-refractivity contribution in [3.05, 3.63) is 95.1 Å². The van der Waals surface area contributed by atoms with Gasteiger partial charge in [0.1, 0.15) is 17.4 Å². The summed E-state index contributed by atoms with van der Waals surface area (Å²) in [5, 5.41) is 0. The summed E-state index contributed by atoms with van der Waals surface area (Å²) < 4.78 is 43.6. The maximum atomic E-state index is 13.5. The van der Waals surface area contributed by atoms with Crippen LogP contribution in [0.1, 0.15) is 30.4 Å². The number of hydrogen-bond donors (Lipinski definition) is 0. The maximum absolute atomic E-state index is 13.5. The highest BCUT2D eigenvalue weighted by Gasteiger charge is 2.19. The molecule has 1 aliphatic heterocycles. The smallest absolute Gasteiger partial charge is 0.164 e. The lowest BCUT2D eigenvalue weighted by atomic mass is 9.88. The number of hydrogen-bond acceptors (Lipinski definition) is 4. The minimum atomic E-state index is -0.262. The van der Waals surface area contributed by atoms with Crippen molar-refractivity contribution in [2.45, 2.75) is 19.3 Å². The van der Waals surface area contributed by atoms with E-state index in [-0.39, 0.29) is 11.6 Å². The van der Waals surface area contributed by atoms with Crippen molar-refractivity contribution in [3.63, 3.8) is 0 Å². The van der Waals surface area contributed by atoms with Crippen molar-refractivity contribution in [3.8, 4) is 17.2 Å². The average Bonchev–Trinajstić information content (AvgIpc) is 2.89. The highest BCUT2D eigenvalue weighted by Crippen LogP contribution is 2.33. The van der Waals surface area contributed by atoms with E-state index in [9.17, 15) is 8.78 Å². The van der Waals surface area contributed by atoms with Crippen LogP contribution < -0.4 is 14.2 Å². The quantitative estimate of drug-likeness (QED) is 0.335. The number of nitrogens with zero attached hydrogens (tertiary/aromatic N) is 1. The van der Waals surface area contributed by atoms with Crippen LogP contribution in [0.4, 0.5) is 8.78 Å². The Labute approximate surface area is 205 Å². The van der Waals surface area contributed by atoms with Crippen LogP contribution in [0, 0.1) is 11.6 Å². The van der Waals surface area contributed by atoms with Gasteiger partial charge >= 0.3 is 0 Å². The van der Waals surface area contributed by atoms with E-state index in [1.165, 1.54) is 29.8 Å². The van der Waals surface area contributed by atoms with Crippen LogP contribution in [0.25, 0.3) is 5.57 Å². The molecule has 0 aromatic heterocycles. The number of rotatable bonds is 9. The molecule has 0 amide bonds. The molecule has 0 N–H and O–H groups in total. The van der Waals surface area contributed by atoms with Gasteiger partial charge in [0, 0.05) is 25.7 Å². The molecule has 0 spiro atoms. The minimum absolute atomic E-state index is 0.262. The van der Waals surface area contributed by atoms with Crippen LogP contribution in [0.2, 0.25) is 0 Å². The summed E-state index contributed by atoms with van der Waals surface area (Å²) in [7, 11) is 3.22. The van der Waals surface area contributed by atoms with Gasteiger partial charge < -0.3 is 19.1 Å². The predicted molar refractivity (Wildman–Crippen MR) is 134 cm³/mol. The number of piperidine rings is 1. The molecule has 184 valence electrons. The van der Waals surface area contributed by atoms with Gasteiger partial charge in [0.15, 0.2) is 11.5 Å². The first-order valence-corrected chi connectivity index (χ1v) is 11.9. The molecular weight excluding hydrogens is 448 g/mol. The van der Waals surface area contributed by atoms with Gasteiger partial charge in [-0.15, -0.1) is 0 Å². The lowest BCUT2D eigenvalue weighted by molar-refractivity contribution is 0.223. The fourth-order valence-corrected chi connectivity index (χ4v) is 4.49.